The van der Waals surface area contributed by atoms with Crippen LogP contribution in [0.5, 0.6) is 5.88 Å². The molecule has 11 heteroatoms. The number of amides is 2. The lowest BCUT2D eigenvalue weighted by atomic mass is 10.1. The lowest BCUT2D eigenvalue weighted by Crippen LogP contribution is -2.53. The van der Waals surface area contributed by atoms with Crippen molar-refractivity contribution in [3.05, 3.63) is 108 Å². The maximum atomic E-state index is 14.0. The van der Waals surface area contributed by atoms with Crippen molar-refractivity contribution in [2.24, 2.45) is 0 Å². The molecule has 1 saturated heterocycles. The molecule has 2 amide bonds. The third-order valence-corrected chi connectivity index (χ3v) is 8.39. The second kappa shape index (κ2) is 12.4. The van der Waals surface area contributed by atoms with Crippen molar-refractivity contribution < 1.29 is 19.1 Å². The number of ether oxygens (including phenoxy) is 2. The fraction of sp³-hybridized carbons (Fsp3) is 0.229. The SMILES string of the molecule is COc1nc2ccccc2cc1-c1cnc(C2CN(C(=O)OCc3ccccc3)CCN2C(=O)Cn2c(C)nc3ccccc32)[nH]1. The number of carbonyl (C=O) groups excluding carboxylic acids is 2. The van der Waals surface area contributed by atoms with Gasteiger partial charge in [0.25, 0.3) is 0 Å². The summed E-state index contributed by atoms with van der Waals surface area (Å²) in [5, 5.41) is 0.958. The van der Waals surface area contributed by atoms with E-state index in [-0.39, 0.29) is 25.6 Å². The van der Waals surface area contributed by atoms with Crippen LogP contribution in [-0.4, -0.2) is 73.0 Å². The Morgan fingerprint density at radius 2 is 1.70 bits per heavy atom. The van der Waals surface area contributed by atoms with E-state index in [2.05, 4.69) is 15.0 Å². The maximum Gasteiger partial charge on any atom is 0.410 e. The fourth-order valence-electron chi connectivity index (χ4n) is 6.00. The van der Waals surface area contributed by atoms with Gasteiger partial charge in [-0.2, -0.15) is 0 Å². The van der Waals surface area contributed by atoms with E-state index in [4.69, 9.17) is 14.5 Å². The predicted molar refractivity (Wildman–Crippen MR) is 173 cm³/mol. The molecule has 1 fully saturated rings. The molecule has 1 aliphatic heterocycles. The van der Waals surface area contributed by atoms with E-state index in [1.54, 1.807) is 23.1 Å². The molecule has 3 aromatic carbocycles. The largest absolute Gasteiger partial charge is 0.480 e. The number of hydrogen-bond acceptors (Lipinski definition) is 7. The summed E-state index contributed by atoms with van der Waals surface area (Å²) in [4.78, 5) is 48.1. The number of piperazine rings is 1. The van der Waals surface area contributed by atoms with E-state index in [1.807, 2.05) is 96.4 Å². The monoisotopic (exact) mass is 615 g/mol. The van der Waals surface area contributed by atoms with Gasteiger partial charge in [0.2, 0.25) is 11.8 Å². The number of fused-ring (bicyclic) bond motifs is 2. The van der Waals surface area contributed by atoms with E-state index in [0.717, 1.165) is 38.9 Å². The van der Waals surface area contributed by atoms with Crippen LogP contribution in [0, 0.1) is 6.92 Å². The Morgan fingerprint density at radius 1 is 0.935 bits per heavy atom. The molecular formula is C35H33N7O4. The normalized spacial score (nSPS) is 15.0. The number of para-hydroxylation sites is 3. The van der Waals surface area contributed by atoms with Gasteiger partial charge < -0.3 is 28.8 Å². The minimum atomic E-state index is -0.547. The minimum absolute atomic E-state index is 0.101. The van der Waals surface area contributed by atoms with Crippen LogP contribution in [0.3, 0.4) is 0 Å². The van der Waals surface area contributed by atoms with Crippen LogP contribution in [0.1, 0.15) is 23.3 Å². The van der Waals surface area contributed by atoms with E-state index >= 15 is 0 Å². The van der Waals surface area contributed by atoms with Crippen molar-refractivity contribution in [2.75, 3.05) is 26.7 Å². The molecule has 1 atom stereocenters. The molecule has 1 aliphatic rings. The highest BCUT2D eigenvalue weighted by Gasteiger charge is 2.36. The van der Waals surface area contributed by atoms with Gasteiger partial charge in [-0.05, 0) is 36.8 Å². The molecule has 0 saturated carbocycles. The van der Waals surface area contributed by atoms with Crippen molar-refractivity contribution in [1.29, 1.82) is 0 Å². The number of aromatic amines is 1. The maximum absolute atomic E-state index is 14.0. The quantitative estimate of drug-likeness (QED) is 0.252. The van der Waals surface area contributed by atoms with Crippen LogP contribution in [0.4, 0.5) is 4.79 Å². The molecule has 232 valence electrons. The van der Waals surface area contributed by atoms with Crippen molar-refractivity contribution in [1.82, 2.24) is 34.3 Å². The highest BCUT2D eigenvalue weighted by molar-refractivity contribution is 5.85. The predicted octanol–water partition coefficient (Wildman–Crippen LogP) is 5.51. The van der Waals surface area contributed by atoms with E-state index in [0.29, 0.717) is 30.5 Å². The van der Waals surface area contributed by atoms with Crippen LogP contribution in [0.15, 0.2) is 91.1 Å². The summed E-state index contributed by atoms with van der Waals surface area (Å²) < 4.78 is 13.2. The smallest absolute Gasteiger partial charge is 0.410 e. The molecule has 11 nitrogen and oxygen atoms in total. The number of imidazole rings is 2. The molecule has 0 spiro atoms. The summed E-state index contributed by atoms with van der Waals surface area (Å²) in [6.45, 7) is 3.02. The summed E-state index contributed by atoms with van der Waals surface area (Å²) in [6, 6.07) is 26.6. The molecule has 3 aromatic heterocycles. The fourth-order valence-corrected chi connectivity index (χ4v) is 6.00. The molecule has 1 N–H and O–H groups in total. The molecule has 0 radical (unpaired) electrons. The zero-order valence-electron chi connectivity index (χ0n) is 25.6. The molecule has 0 aliphatic carbocycles. The third-order valence-electron chi connectivity index (χ3n) is 8.39. The molecule has 0 bridgehead atoms. The number of nitrogens with zero attached hydrogens (tertiary/aromatic N) is 6. The molecular weight excluding hydrogens is 582 g/mol. The Bertz CT molecular complexity index is 2040. The van der Waals surface area contributed by atoms with Gasteiger partial charge in [-0.1, -0.05) is 60.7 Å². The Morgan fingerprint density at radius 3 is 2.52 bits per heavy atom. The third kappa shape index (κ3) is 5.63. The summed E-state index contributed by atoms with van der Waals surface area (Å²) in [5.41, 5.74) is 4.88. The topological polar surface area (TPSA) is 118 Å². The summed E-state index contributed by atoms with van der Waals surface area (Å²) in [6.07, 6.45) is 1.27. The highest BCUT2D eigenvalue weighted by atomic mass is 16.6. The van der Waals surface area contributed by atoms with Crippen molar-refractivity contribution in [3.63, 3.8) is 0 Å². The van der Waals surface area contributed by atoms with Gasteiger partial charge in [-0.3, -0.25) is 4.79 Å². The number of aromatic nitrogens is 5. The van der Waals surface area contributed by atoms with Gasteiger partial charge in [0.1, 0.15) is 30.8 Å². The van der Waals surface area contributed by atoms with Crippen molar-refractivity contribution in [2.45, 2.75) is 26.1 Å². The van der Waals surface area contributed by atoms with Gasteiger partial charge in [0.05, 0.1) is 47.7 Å². The second-order valence-electron chi connectivity index (χ2n) is 11.2. The average molecular weight is 616 g/mol. The van der Waals surface area contributed by atoms with Crippen molar-refractivity contribution >= 4 is 33.9 Å². The molecule has 4 heterocycles. The first-order valence-electron chi connectivity index (χ1n) is 15.1. The van der Waals surface area contributed by atoms with Crippen LogP contribution >= 0.6 is 0 Å². The second-order valence-corrected chi connectivity index (χ2v) is 11.2. The van der Waals surface area contributed by atoms with E-state index in [1.165, 1.54) is 0 Å². The zero-order chi connectivity index (χ0) is 31.6. The molecule has 46 heavy (non-hydrogen) atoms. The molecule has 7 rings (SSSR count). The average Bonchev–Trinajstić information content (AvgIpc) is 3.71. The number of hydrogen-bond donors (Lipinski definition) is 1. The van der Waals surface area contributed by atoms with E-state index in [9.17, 15) is 9.59 Å². The first-order valence-corrected chi connectivity index (χ1v) is 15.1. The Balaban J connectivity index is 1.19. The van der Waals surface area contributed by atoms with Gasteiger partial charge in [-0.15, -0.1) is 0 Å². The zero-order valence-corrected chi connectivity index (χ0v) is 25.6. The number of nitrogens with one attached hydrogen (secondary N) is 1. The number of pyridine rings is 1. The Kier molecular flexibility index (Phi) is 7.79. The Labute approximate surface area is 265 Å². The van der Waals surface area contributed by atoms with E-state index < -0.39 is 12.1 Å². The molecule has 1 unspecified atom stereocenters. The number of methoxy groups -OCH3 is 1. The lowest BCUT2D eigenvalue weighted by Gasteiger charge is -2.40. The molecule has 6 aromatic rings. The summed E-state index contributed by atoms with van der Waals surface area (Å²) >= 11 is 0. The van der Waals surface area contributed by atoms with Crippen molar-refractivity contribution in [3.8, 4) is 17.1 Å². The number of aryl methyl sites for hydroxylation is 1. The van der Waals surface area contributed by atoms with Gasteiger partial charge in [0, 0.05) is 18.5 Å². The minimum Gasteiger partial charge on any atom is -0.480 e. The summed E-state index contributed by atoms with van der Waals surface area (Å²) in [7, 11) is 1.58. The van der Waals surface area contributed by atoms with Gasteiger partial charge >= 0.3 is 6.09 Å². The number of carbonyl (C=O) groups is 2. The highest BCUT2D eigenvalue weighted by Crippen LogP contribution is 2.33. The summed E-state index contributed by atoms with van der Waals surface area (Å²) in [5.74, 6) is 1.66. The van der Waals surface area contributed by atoms with Crippen LogP contribution in [-0.2, 0) is 22.7 Å². The van der Waals surface area contributed by atoms with Gasteiger partial charge in [-0.25, -0.2) is 19.7 Å². The first-order chi connectivity index (χ1) is 22.5. The number of H-pyrrole nitrogens is 1. The lowest BCUT2D eigenvalue weighted by molar-refractivity contribution is -0.137. The standard InChI is InChI=1S/C35H33N7O4/c1-23-37-28-14-8-9-15-30(28)42(23)21-32(43)41-17-16-40(35(44)46-22-24-10-4-3-5-11-24)20-31(41)33-36-19-29(38-33)26-18-25-12-6-7-13-27(25)39-34(26)45-2/h3-15,18-19,31H,16-17,20-22H2,1-2H3,(H,36,38). The first kappa shape index (κ1) is 29.0. The number of benzene rings is 3. The van der Waals surface area contributed by atoms with Gasteiger partial charge in [0.15, 0.2) is 0 Å². The van der Waals surface area contributed by atoms with Crippen LogP contribution in [0.2, 0.25) is 0 Å². The van der Waals surface area contributed by atoms with Crippen LogP contribution in [0.25, 0.3) is 33.2 Å². The van der Waals surface area contributed by atoms with Crippen LogP contribution < -0.4 is 4.74 Å². The Hall–Kier alpha value is -5.71. The number of rotatable bonds is 7.